The monoisotopic (exact) mass is 291 g/mol. The standard InChI is InChI=1S/C17H29N3O/c1-4-6-7-8-9-13(3)20-16-12-14(10-11-15(16)18)17(21)19-5-2/h10-13,20H,4-9,18H2,1-3H3,(H,19,21). The van der Waals surface area contributed by atoms with Gasteiger partial charge in [-0.3, -0.25) is 4.79 Å². The zero-order valence-electron chi connectivity index (χ0n) is 13.5. The van der Waals surface area contributed by atoms with Crippen LogP contribution in [0.2, 0.25) is 0 Å². The molecule has 0 spiro atoms. The van der Waals surface area contributed by atoms with Crippen molar-refractivity contribution in [2.75, 3.05) is 17.6 Å². The Hall–Kier alpha value is -1.71. The third kappa shape index (κ3) is 6.06. The maximum atomic E-state index is 11.9. The average Bonchev–Trinajstić information content (AvgIpc) is 2.46. The summed E-state index contributed by atoms with van der Waals surface area (Å²) in [6, 6.07) is 5.74. The first-order valence-electron chi connectivity index (χ1n) is 8.02. The lowest BCUT2D eigenvalue weighted by atomic mass is 10.1. The lowest BCUT2D eigenvalue weighted by Crippen LogP contribution is -2.23. The SMILES string of the molecule is CCCCCCC(C)Nc1cc(C(=O)NCC)ccc1N. The molecular weight excluding hydrogens is 262 g/mol. The minimum Gasteiger partial charge on any atom is -0.397 e. The first-order chi connectivity index (χ1) is 10.1. The molecule has 0 saturated carbocycles. The number of hydrogen-bond donors (Lipinski definition) is 3. The number of carbonyl (C=O) groups is 1. The third-order valence-electron chi connectivity index (χ3n) is 3.55. The van der Waals surface area contributed by atoms with Crippen LogP contribution < -0.4 is 16.4 Å². The summed E-state index contributed by atoms with van der Waals surface area (Å²) in [6.07, 6.45) is 6.16. The number of hydrogen-bond acceptors (Lipinski definition) is 3. The first kappa shape index (κ1) is 17.3. The summed E-state index contributed by atoms with van der Waals surface area (Å²) in [7, 11) is 0. The molecule has 1 aromatic rings. The van der Waals surface area contributed by atoms with Gasteiger partial charge in [-0.15, -0.1) is 0 Å². The van der Waals surface area contributed by atoms with Crippen LogP contribution in [0.15, 0.2) is 18.2 Å². The largest absolute Gasteiger partial charge is 0.397 e. The molecule has 1 atom stereocenters. The quantitative estimate of drug-likeness (QED) is 0.479. The second-order valence-corrected chi connectivity index (χ2v) is 5.56. The Morgan fingerprint density at radius 3 is 2.67 bits per heavy atom. The van der Waals surface area contributed by atoms with Gasteiger partial charge in [0, 0.05) is 18.2 Å². The minimum absolute atomic E-state index is 0.0591. The van der Waals surface area contributed by atoms with E-state index in [9.17, 15) is 4.79 Å². The Balaban J connectivity index is 2.60. The van der Waals surface area contributed by atoms with Crippen LogP contribution in [0.25, 0.3) is 0 Å². The van der Waals surface area contributed by atoms with Gasteiger partial charge in [0.15, 0.2) is 0 Å². The van der Waals surface area contributed by atoms with Crippen LogP contribution >= 0.6 is 0 Å². The fourth-order valence-electron chi connectivity index (χ4n) is 2.30. The van der Waals surface area contributed by atoms with E-state index in [4.69, 9.17) is 5.73 Å². The molecular formula is C17H29N3O. The molecule has 0 heterocycles. The molecule has 0 aliphatic rings. The highest BCUT2D eigenvalue weighted by Crippen LogP contribution is 2.22. The zero-order valence-corrected chi connectivity index (χ0v) is 13.5. The number of amides is 1. The number of nitrogens with one attached hydrogen (secondary N) is 2. The number of unbranched alkanes of at least 4 members (excludes halogenated alkanes) is 3. The van der Waals surface area contributed by atoms with Gasteiger partial charge >= 0.3 is 0 Å². The van der Waals surface area contributed by atoms with E-state index in [2.05, 4.69) is 24.5 Å². The Bertz CT molecular complexity index is 446. The van der Waals surface area contributed by atoms with Crippen molar-refractivity contribution in [2.45, 2.75) is 58.9 Å². The van der Waals surface area contributed by atoms with Crippen molar-refractivity contribution in [1.82, 2.24) is 5.32 Å². The Kier molecular flexibility index (Phi) is 7.65. The fourth-order valence-corrected chi connectivity index (χ4v) is 2.30. The van der Waals surface area contributed by atoms with E-state index in [0.717, 1.165) is 12.1 Å². The highest BCUT2D eigenvalue weighted by atomic mass is 16.1. The minimum atomic E-state index is -0.0591. The molecule has 0 radical (unpaired) electrons. The highest BCUT2D eigenvalue weighted by molar-refractivity contribution is 5.96. The maximum absolute atomic E-state index is 11.9. The second-order valence-electron chi connectivity index (χ2n) is 5.56. The molecule has 0 aliphatic carbocycles. The van der Waals surface area contributed by atoms with Crippen molar-refractivity contribution in [3.63, 3.8) is 0 Å². The molecule has 0 fully saturated rings. The lowest BCUT2D eigenvalue weighted by molar-refractivity contribution is 0.0956. The molecule has 4 nitrogen and oxygen atoms in total. The first-order valence-corrected chi connectivity index (χ1v) is 8.02. The number of anilines is 2. The molecule has 118 valence electrons. The van der Waals surface area contributed by atoms with E-state index in [1.165, 1.54) is 25.7 Å². The summed E-state index contributed by atoms with van der Waals surface area (Å²) >= 11 is 0. The van der Waals surface area contributed by atoms with E-state index in [-0.39, 0.29) is 5.91 Å². The zero-order chi connectivity index (χ0) is 15.7. The maximum Gasteiger partial charge on any atom is 0.251 e. The van der Waals surface area contributed by atoms with Crippen molar-refractivity contribution >= 4 is 17.3 Å². The van der Waals surface area contributed by atoms with Crippen LogP contribution in [-0.2, 0) is 0 Å². The van der Waals surface area contributed by atoms with Crippen LogP contribution in [0.5, 0.6) is 0 Å². The van der Waals surface area contributed by atoms with E-state index < -0.39 is 0 Å². The summed E-state index contributed by atoms with van der Waals surface area (Å²) in [4.78, 5) is 11.9. The van der Waals surface area contributed by atoms with Crippen LogP contribution in [-0.4, -0.2) is 18.5 Å². The van der Waals surface area contributed by atoms with Gasteiger partial charge in [-0.05, 0) is 38.5 Å². The summed E-state index contributed by atoms with van der Waals surface area (Å²) in [5.41, 5.74) is 8.17. The number of benzene rings is 1. The van der Waals surface area contributed by atoms with E-state index >= 15 is 0 Å². The third-order valence-corrected chi connectivity index (χ3v) is 3.55. The smallest absolute Gasteiger partial charge is 0.251 e. The second kappa shape index (κ2) is 9.27. The van der Waals surface area contributed by atoms with Gasteiger partial charge in [0.25, 0.3) is 5.91 Å². The predicted molar refractivity (Wildman–Crippen MR) is 90.7 cm³/mol. The van der Waals surface area contributed by atoms with Gasteiger partial charge in [0.2, 0.25) is 0 Å². The molecule has 21 heavy (non-hydrogen) atoms. The number of nitrogen functional groups attached to an aromatic ring is 1. The van der Waals surface area contributed by atoms with Crippen LogP contribution in [0, 0.1) is 0 Å². The molecule has 1 aromatic carbocycles. The summed E-state index contributed by atoms with van der Waals surface area (Å²) < 4.78 is 0. The predicted octanol–water partition coefficient (Wildman–Crippen LogP) is 3.79. The normalized spacial score (nSPS) is 12.0. The topological polar surface area (TPSA) is 67.2 Å². The van der Waals surface area contributed by atoms with E-state index in [0.29, 0.717) is 23.8 Å². The van der Waals surface area contributed by atoms with Gasteiger partial charge < -0.3 is 16.4 Å². The summed E-state index contributed by atoms with van der Waals surface area (Å²) in [5, 5.41) is 6.22. The molecule has 1 unspecified atom stereocenters. The van der Waals surface area contributed by atoms with Gasteiger partial charge in [0.05, 0.1) is 11.4 Å². The lowest BCUT2D eigenvalue weighted by Gasteiger charge is -2.17. The van der Waals surface area contributed by atoms with Crippen LogP contribution in [0.1, 0.15) is 63.2 Å². The summed E-state index contributed by atoms with van der Waals surface area (Å²) in [5.74, 6) is -0.0591. The number of carbonyl (C=O) groups excluding carboxylic acids is 1. The van der Waals surface area contributed by atoms with Gasteiger partial charge in [-0.25, -0.2) is 0 Å². The van der Waals surface area contributed by atoms with E-state index in [1.54, 1.807) is 12.1 Å². The van der Waals surface area contributed by atoms with Crippen molar-refractivity contribution in [3.8, 4) is 0 Å². The number of nitrogens with two attached hydrogens (primary N) is 1. The Morgan fingerprint density at radius 1 is 1.24 bits per heavy atom. The molecule has 0 aliphatic heterocycles. The van der Waals surface area contributed by atoms with Crippen LogP contribution in [0.3, 0.4) is 0 Å². The van der Waals surface area contributed by atoms with Gasteiger partial charge in [0.1, 0.15) is 0 Å². The van der Waals surface area contributed by atoms with Crippen molar-refractivity contribution in [1.29, 1.82) is 0 Å². The van der Waals surface area contributed by atoms with Gasteiger partial charge in [-0.1, -0.05) is 32.6 Å². The average molecular weight is 291 g/mol. The summed E-state index contributed by atoms with van der Waals surface area (Å²) in [6.45, 7) is 6.91. The molecule has 4 N–H and O–H groups in total. The van der Waals surface area contributed by atoms with Crippen molar-refractivity contribution < 1.29 is 4.79 Å². The van der Waals surface area contributed by atoms with Crippen LogP contribution in [0.4, 0.5) is 11.4 Å². The Labute approximate surface area is 128 Å². The molecule has 1 rings (SSSR count). The highest BCUT2D eigenvalue weighted by Gasteiger charge is 2.09. The molecule has 0 saturated heterocycles. The number of rotatable bonds is 9. The Morgan fingerprint density at radius 2 is 2.00 bits per heavy atom. The fraction of sp³-hybridized carbons (Fsp3) is 0.588. The van der Waals surface area contributed by atoms with E-state index in [1.807, 2.05) is 13.0 Å². The molecule has 0 aromatic heterocycles. The molecule has 0 bridgehead atoms. The molecule has 4 heteroatoms. The van der Waals surface area contributed by atoms with Gasteiger partial charge in [-0.2, -0.15) is 0 Å². The molecule has 1 amide bonds. The van der Waals surface area contributed by atoms with Crippen molar-refractivity contribution in [3.05, 3.63) is 23.8 Å². The van der Waals surface area contributed by atoms with Crippen molar-refractivity contribution in [2.24, 2.45) is 0 Å².